The number of ether oxygens (including phenoxy) is 2. The zero-order valence-electron chi connectivity index (χ0n) is 9.44. The number of nitrogens with one attached hydrogen (secondary N) is 1. The molecule has 5 nitrogen and oxygen atoms in total. The van der Waals surface area contributed by atoms with Crippen molar-refractivity contribution >= 4 is 16.9 Å². The molecule has 2 aromatic rings. The molecule has 0 fully saturated rings. The summed E-state index contributed by atoms with van der Waals surface area (Å²) in [5, 5.41) is 0.499. The summed E-state index contributed by atoms with van der Waals surface area (Å²) in [5.41, 5.74) is 0.428. The molecule has 5 heteroatoms. The normalized spacial score (nSPS) is 10.2. The number of hydrogen-bond donors (Lipinski definition) is 1. The van der Waals surface area contributed by atoms with Gasteiger partial charge in [0.1, 0.15) is 11.4 Å². The summed E-state index contributed by atoms with van der Waals surface area (Å²) in [7, 11) is 2.79. The maximum absolute atomic E-state index is 11.8. The van der Waals surface area contributed by atoms with Crippen LogP contribution in [0.4, 0.5) is 0 Å². The fourth-order valence-corrected chi connectivity index (χ4v) is 1.58. The van der Waals surface area contributed by atoms with E-state index in [9.17, 15) is 9.59 Å². The molecule has 0 bridgehead atoms. The van der Waals surface area contributed by atoms with Gasteiger partial charge in [-0.1, -0.05) is 0 Å². The molecule has 2 rings (SSSR count). The van der Waals surface area contributed by atoms with E-state index in [1.165, 1.54) is 20.3 Å². The number of hydrogen-bond acceptors (Lipinski definition) is 4. The third-order valence-corrected chi connectivity index (χ3v) is 2.44. The molecule has 0 amide bonds. The second kappa shape index (κ2) is 4.29. The van der Waals surface area contributed by atoms with Gasteiger partial charge in [0.05, 0.1) is 19.7 Å². The highest BCUT2D eigenvalue weighted by atomic mass is 16.5. The Kier molecular flexibility index (Phi) is 2.82. The maximum atomic E-state index is 11.8. The van der Waals surface area contributed by atoms with Gasteiger partial charge in [-0.25, -0.2) is 4.79 Å². The average molecular weight is 233 g/mol. The first kappa shape index (κ1) is 11.2. The Labute approximate surface area is 97.0 Å². The third kappa shape index (κ3) is 1.99. The molecule has 1 N–H and O–H groups in total. The minimum atomic E-state index is -0.577. The summed E-state index contributed by atoms with van der Waals surface area (Å²) in [5.74, 6) is 0.0296. The number of aromatic nitrogens is 1. The Hall–Kier alpha value is -2.30. The Morgan fingerprint density at radius 2 is 2.00 bits per heavy atom. The first-order chi connectivity index (χ1) is 8.15. The lowest BCUT2D eigenvalue weighted by molar-refractivity contribution is 0.0594. The molecule has 0 unspecified atom stereocenters. The number of rotatable bonds is 2. The second-order valence-electron chi connectivity index (χ2n) is 3.45. The van der Waals surface area contributed by atoms with Gasteiger partial charge >= 0.3 is 5.97 Å². The quantitative estimate of drug-likeness (QED) is 0.794. The highest BCUT2D eigenvalue weighted by molar-refractivity contribution is 5.91. The van der Waals surface area contributed by atoms with Crippen molar-refractivity contribution in [2.75, 3.05) is 14.2 Å². The number of fused-ring (bicyclic) bond motifs is 1. The van der Waals surface area contributed by atoms with E-state index >= 15 is 0 Å². The van der Waals surface area contributed by atoms with Crippen LogP contribution < -0.4 is 10.2 Å². The van der Waals surface area contributed by atoms with E-state index in [0.717, 1.165) is 0 Å². The molecule has 0 saturated heterocycles. The van der Waals surface area contributed by atoms with Crippen LogP contribution in [0.3, 0.4) is 0 Å². The van der Waals surface area contributed by atoms with Crippen molar-refractivity contribution in [3.8, 4) is 5.75 Å². The Bertz CT molecular complexity index is 630. The third-order valence-electron chi connectivity index (χ3n) is 2.44. The number of pyridine rings is 1. The van der Waals surface area contributed by atoms with Crippen molar-refractivity contribution in [3.63, 3.8) is 0 Å². The summed E-state index contributed by atoms with van der Waals surface area (Å²) in [6.07, 6.45) is 0. The van der Waals surface area contributed by atoms with E-state index in [1.54, 1.807) is 18.2 Å². The summed E-state index contributed by atoms with van der Waals surface area (Å²) >= 11 is 0. The van der Waals surface area contributed by atoms with E-state index in [0.29, 0.717) is 16.7 Å². The maximum Gasteiger partial charge on any atom is 0.354 e. The number of aromatic amines is 1. The largest absolute Gasteiger partial charge is 0.497 e. The fourth-order valence-electron chi connectivity index (χ4n) is 1.58. The molecule has 0 spiro atoms. The summed E-state index contributed by atoms with van der Waals surface area (Å²) in [4.78, 5) is 25.9. The minimum absolute atomic E-state index is 0.123. The highest BCUT2D eigenvalue weighted by Gasteiger charge is 2.09. The van der Waals surface area contributed by atoms with E-state index in [1.807, 2.05) is 0 Å². The van der Waals surface area contributed by atoms with Crippen molar-refractivity contribution in [1.29, 1.82) is 0 Å². The predicted octanol–water partition coefficient (Wildman–Crippen LogP) is 1.32. The van der Waals surface area contributed by atoms with Gasteiger partial charge in [-0.3, -0.25) is 4.79 Å². The Morgan fingerprint density at radius 1 is 1.24 bits per heavy atom. The van der Waals surface area contributed by atoms with Gasteiger partial charge in [0, 0.05) is 17.5 Å². The standard InChI is InChI=1S/C12H11NO4/c1-16-7-3-4-8-9(5-7)13-10(6-11(8)14)12(15)17-2/h3-6H,1-2H3,(H,13,14). The van der Waals surface area contributed by atoms with Crippen molar-refractivity contribution < 1.29 is 14.3 Å². The monoisotopic (exact) mass is 233 g/mol. The van der Waals surface area contributed by atoms with Gasteiger partial charge in [0.25, 0.3) is 0 Å². The van der Waals surface area contributed by atoms with Crippen molar-refractivity contribution in [2.24, 2.45) is 0 Å². The van der Waals surface area contributed by atoms with Crippen LogP contribution in [0.15, 0.2) is 29.1 Å². The highest BCUT2D eigenvalue weighted by Crippen LogP contribution is 2.16. The minimum Gasteiger partial charge on any atom is -0.497 e. The smallest absolute Gasteiger partial charge is 0.354 e. The number of methoxy groups -OCH3 is 2. The number of benzene rings is 1. The van der Waals surface area contributed by atoms with Gasteiger partial charge in [-0.2, -0.15) is 0 Å². The van der Waals surface area contributed by atoms with Crippen molar-refractivity contribution in [2.45, 2.75) is 0 Å². The first-order valence-electron chi connectivity index (χ1n) is 4.95. The number of carbonyl (C=O) groups excluding carboxylic acids is 1. The molecule has 0 aliphatic rings. The zero-order valence-corrected chi connectivity index (χ0v) is 9.44. The van der Waals surface area contributed by atoms with Crippen LogP contribution in [-0.2, 0) is 4.74 Å². The Morgan fingerprint density at radius 3 is 2.65 bits per heavy atom. The lowest BCUT2D eigenvalue weighted by atomic mass is 10.2. The number of H-pyrrole nitrogens is 1. The van der Waals surface area contributed by atoms with Gasteiger partial charge in [-0.15, -0.1) is 0 Å². The average Bonchev–Trinajstić information content (AvgIpc) is 2.36. The van der Waals surface area contributed by atoms with Crippen LogP contribution in [0, 0.1) is 0 Å². The van der Waals surface area contributed by atoms with Crippen LogP contribution in [0.1, 0.15) is 10.5 Å². The van der Waals surface area contributed by atoms with Gasteiger partial charge in [0.15, 0.2) is 5.43 Å². The van der Waals surface area contributed by atoms with E-state index in [4.69, 9.17) is 4.74 Å². The van der Waals surface area contributed by atoms with E-state index in [2.05, 4.69) is 9.72 Å². The van der Waals surface area contributed by atoms with E-state index < -0.39 is 5.97 Å². The summed E-state index contributed by atoms with van der Waals surface area (Å²) in [6.45, 7) is 0. The lowest BCUT2D eigenvalue weighted by Crippen LogP contribution is -2.11. The molecule has 0 aliphatic carbocycles. The van der Waals surface area contributed by atoms with Crippen LogP contribution in [0.2, 0.25) is 0 Å². The van der Waals surface area contributed by atoms with Crippen molar-refractivity contribution in [1.82, 2.24) is 4.98 Å². The molecule has 88 valence electrons. The molecule has 0 aliphatic heterocycles. The zero-order chi connectivity index (χ0) is 12.4. The SMILES string of the molecule is COC(=O)c1cc(=O)c2ccc(OC)cc2[nH]1. The second-order valence-corrected chi connectivity index (χ2v) is 3.45. The van der Waals surface area contributed by atoms with E-state index in [-0.39, 0.29) is 11.1 Å². The fraction of sp³-hybridized carbons (Fsp3) is 0.167. The van der Waals surface area contributed by atoms with Crippen LogP contribution >= 0.6 is 0 Å². The number of esters is 1. The molecule has 0 radical (unpaired) electrons. The topological polar surface area (TPSA) is 68.4 Å². The molecular weight excluding hydrogens is 222 g/mol. The van der Waals surface area contributed by atoms with Crippen LogP contribution in [0.5, 0.6) is 5.75 Å². The predicted molar refractivity (Wildman–Crippen MR) is 62.5 cm³/mol. The first-order valence-corrected chi connectivity index (χ1v) is 4.95. The molecular formula is C12H11NO4. The molecule has 1 heterocycles. The number of carbonyl (C=O) groups is 1. The Balaban J connectivity index is 2.70. The molecule has 1 aromatic carbocycles. The summed E-state index contributed by atoms with van der Waals surface area (Å²) < 4.78 is 9.61. The van der Waals surface area contributed by atoms with Gasteiger partial charge in [0.2, 0.25) is 0 Å². The molecule has 0 saturated carbocycles. The lowest BCUT2D eigenvalue weighted by Gasteiger charge is -2.04. The van der Waals surface area contributed by atoms with Crippen molar-refractivity contribution in [3.05, 3.63) is 40.2 Å². The molecule has 17 heavy (non-hydrogen) atoms. The van der Waals surface area contributed by atoms with Gasteiger partial charge < -0.3 is 14.5 Å². The van der Waals surface area contributed by atoms with Crippen LogP contribution in [0.25, 0.3) is 10.9 Å². The molecule has 1 aromatic heterocycles. The van der Waals surface area contributed by atoms with Gasteiger partial charge in [-0.05, 0) is 12.1 Å². The van der Waals surface area contributed by atoms with Crippen LogP contribution in [-0.4, -0.2) is 25.2 Å². The molecule has 0 atom stereocenters. The summed E-state index contributed by atoms with van der Waals surface area (Å²) in [6, 6.07) is 6.22.